The van der Waals surface area contributed by atoms with Gasteiger partial charge in [-0.2, -0.15) is 0 Å². The van der Waals surface area contributed by atoms with Crippen LogP contribution in [0.25, 0.3) is 6.08 Å². The monoisotopic (exact) mass is 269 g/mol. The van der Waals surface area contributed by atoms with Gasteiger partial charge in [0, 0.05) is 6.54 Å². The molecule has 0 fully saturated rings. The molecule has 1 nitrogen and oxygen atoms in total. The molecule has 0 aliphatic heterocycles. The number of nitrogens with one attached hydrogen (secondary N) is 1. The van der Waals surface area contributed by atoms with E-state index in [1.165, 1.54) is 17.2 Å². The van der Waals surface area contributed by atoms with Crippen molar-refractivity contribution < 1.29 is 4.39 Å². The van der Waals surface area contributed by atoms with E-state index in [4.69, 9.17) is 0 Å². The highest BCUT2D eigenvalue weighted by molar-refractivity contribution is 5.48. The lowest BCUT2D eigenvalue weighted by atomic mass is 10.1. The molecule has 0 atom stereocenters. The zero-order valence-corrected chi connectivity index (χ0v) is 11.8. The molecule has 2 aromatic carbocycles. The molecule has 0 spiro atoms. The summed E-state index contributed by atoms with van der Waals surface area (Å²) in [6, 6.07) is 15.2. The number of benzene rings is 2. The van der Waals surface area contributed by atoms with Gasteiger partial charge in [0.1, 0.15) is 5.82 Å². The zero-order valence-electron chi connectivity index (χ0n) is 11.8. The summed E-state index contributed by atoms with van der Waals surface area (Å²) in [6.45, 7) is 3.69. The Bertz CT molecular complexity index is 561. The third kappa shape index (κ3) is 4.63. The molecule has 0 aliphatic carbocycles. The van der Waals surface area contributed by atoms with Gasteiger partial charge in [-0.1, -0.05) is 48.6 Å². The summed E-state index contributed by atoms with van der Waals surface area (Å²) in [5, 5.41) is 3.37. The van der Waals surface area contributed by atoms with E-state index in [2.05, 4.69) is 29.6 Å². The Hall–Kier alpha value is -1.93. The molecule has 0 aromatic heterocycles. The summed E-state index contributed by atoms with van der Waals surface area (Å²) in [4.78, 5) is 0. The normalized spacial score (nSPS) is 11.1. The molecule has 0 bridgehead atoms. The summed E-state index contributed by atoms with van der Waals surface area (Å²) in [5.41, 5.74) is 3.43. The first-order valence-electron chi connectivity index (χ1n) is 6.93. The molecule has 2 heteroatoms. The lowest BCUT2D eigenvalue weighted by Gasteiger charge is -2.06. The first-order valence-corrected chi connectivity index (χ1v) is 6.93. The van der Waals surface area contributed by atoms with E-state index in [9.17, 15) is 4.39 Å². The Morgan fingerprint density at radius 2 is 1.90 bits per heavy atom. The van der Waals surface area contributed by atoms with Gasteiger partial charge in [0.05, 0.1) is 0 Å². The fourth-order valence-electron chi connectivity index (χ4n) is 2.11. The molecular weight excluding hydrogens is 249 g/mol. The van der Waals surface area contributed by atoms with Crippen LogP contribution in [0.3, 0.4) is 0 Å². The van der Waals surface area contributed by atoms with E-state index < -0.39 is 0 Å². The molecule has 0 unspecified atom stereocenters. The second-order valence-corrected chi connectivity index (χ2v) is 4.84. The van der Waals surface area contributed by atoms with E-state index in [-0.39, 0.29) is 5.82 Å². The average molecular weight is 269 g/mol. The van der Waals surface area contributed by atoms with Crippen LogP contribution >= 0.6 is 0 Å². The molecule has 2 aromatic rings. The Morgan fingerprint density at radius 1 is 1.10 bits per heavy atom. The fraction of sp³-hybridized carbons (Fsp3) is 0.222. The van der Waals surface area contributed by atoms with E-state index in [1.807, 2.05) is 31.2 Å². The smallest absolute Gasteiger partial charge is 0.123 e. The molecule has 0 aliphatic rings. The first kappa shape index (κ1) is 14.5. The van der Waals surface area contributed by atoms with E-state index >= 15 is 0 Å². The lowest BCUT2D eigenvalue weighted by molar-refractivity contribution is 0.625. The van der Waals surface area contributed by atoms with Crippen molar-refractivity contribution in [2.75, 3.05) is 13.1 Å². The minimum Gasteiger partial charge on any atom is -0.313 e. The predicted molar refractivity (Wildman–Crippen MR) is 83.2 cm³/mol. The van der Waals surface area contributed by atoms with Gasteiger partial charge in [-0.25, -0.2) is 4.39 Å². The van der Waals surface area contributed by atoms with Gasteiger partial charge in [-0.15, -0.1) is 0 Å². The molecule has 0 saturated carbocycles. The number of halogens is 1. The minimum atomic E-state index is -0.162. The van der Waals surface area contributed by atoms with Crippen LogP contribution in [0.4, 0.5) is 4.39 Å². The number of aryl methyl sites for hydroxylation is 1. The molecule has 2 rings (SSSR count). The number of hydrogen-bond donors (Lipinski definition) is 1. The van der Waals surface area contributed by atoms with Crippen LogP contribution in [0.15, 0.2) is 54.6 Å². The maximum absolute atomic E-state index is 13.0. The van der Waals surface area contributed by atoms with Gasteiger partial charge in [0.15, 0.2) is 0 Å². The molecule has 20 heavy (non-hydrogen) atoms. The summed E-state index contributed by atoms with van der Waals surface area (Å²) < 4.78 is 13.0. The molecule has 0 saturated heterocycles. The van der Waals surface area contributed by atoms with E-state index in [1.54, 1.807) is 6.07 Å². The van der Waals surface area contributed by atoms with Gasteiger partial charge < -0.3 is 5.32 Å². The van der Waals surface area contributed by atoms with Crippen molar-refractivity contribution in [2.24, 2.45) is 0 Å². The van der Waals surface area contributed by atoms with Gasteiger partial charge in [0.25, 0.3) is 0 Å². The summed E-state index contributed by atoms with van der Waals surface area (Å²) in [6.07, 6.45) is 5.15. The quantitative estimate of drug-likeness (QED) is 0.782. The highest BCUT2D eigenvalue weighted by Gasteiger charge is 1.99. The van der Waals surface area contributed by atoms with Crippen LogP contribution in [0.1, 0.15) is 16.7 Å². The fourth-order valence-corrected chi connectivity index (χ4v) is 2.11. The Kier molecular flexibility index (Phi) is 5.51. The van der Waals surface area contributed by atoms with Crippen LogP contribution in [0, 0.1) is 12.7 Å². The lowest BCUT2D eigenvalue weighted by Crippen LogP contribution is -2.17. The van der Waals surface area contributed by atoms with Gasteiger partial charge >= 0.3 is 0 Å². The maximum atomic E-state index is 13.0. The van der Waals surface area contributed by atoms with Crippen molar-refractivity contribution in [1.82, 2.24) is 5.32 Å². The molecular formula is C18H20FN. The Labute approximate surface area is 120 Å². The Balaban J connectivity index is 1.70. The second kappa shape index (κ2) is 7.61. The van der Waals surface area contributed by atoms with Crippen molar-refractivity contribution in [2.45, 2.75) is 13.3 Å². The number of hydrogen-bond acceptors (Lipinski definition) is 1. The van der Waals surface area contributed by atoms with Gasteiger partial charge in [0.2, 0.25) is 0 Å². The van der Waals surface area contributed by atoms with Gasteiger partial charge in [-0.05, 0) is 48.7 Å². The van der Waals surface area contributed by atoms with E-state index in [0.717, 1.165) is 25.1 Å². The topological polar surface area (TPSA) is 12.0 Å². The van der Waals surface area contributed by atoms with Crippen LogP contribution in [-0.4, -0.2) is 13.1 Å². The molecule has 0 amide bonds. The predicted octanol–water partition coefficient (Wildman–Crippen LogP) is 3.98. The van der Waals surface area contributed by atoms with Crippen LogP contribution < -0.4 is 5.32 Å². The highest BCUT2D eigenvalue weighted by Crippen LogP contribution is 2.10. The molecule has 0 radical (unpaired) electrons. The maximum Gasteiger partial charge on any atom is 0.123 e. The largest absolute Gasteiger partial charge is 0.313 e. The standard InChI is InChI=1S/C18H20FN/c1-15-14-18(19)10-9-17(15)11-13-20-12-5-8-16-6-3-2-4-7-16/h2-10,14,20H,11-13H2,1H3/b8-5+. The van der Waals surface area contributed by atoms with Crippen molar-refractivity contribution in [3.05, 3.63) is 77.1 Å². The molecule has 1 N–H and O–H groups in total. The van der Waals surface area contributed by atoms with Crippen molar-refractivity contribution in [3.8, 4) is 0 Å². The first-order chi connectivity index (χ1) is 9.75. The summed E-state index contributed by atoms with van der Waals surface area (Å²) >= 11 is 0. The molecule has 104 valence electrons. The van der Waals surface area contributed by atoms with E-state index in [0.29, 0.717) is 0 Å². The highest BCUT2D eigenvalue weighted by atomic mass is 19.1. The summed E-state index contributed by atoms with van der Waals surface area (Å²) in [7, 11) is 0. The van der Waals surface area contributed by atoms with Crippen molar-refractivity contribution in [3.63, 3.8) is 0 Å². The third-order valence-electron chi connectivity index (χ3n) is 3.25. The van der Waals surface area contributed by atoms with Crippen LogP contribution in [-0.2, 0) is 6.42 Å². The average Bonchev–Trinajstić information content (AvgIpc) is 2.46. The Morgan fingerprint density at radius 3 is 2.65 bits per heavy atom. The second-order valence-electron chi connectivity index (χ2n) is 4.84. The third-order valence-corrected chi connectivity index (χ3v) is 3.25. The minimum absolute atomic E-state index is 0.162. The zero-order chi connectivity index (χ0) is 14.2. The number of rotatable bonds is 6. The van der Waals surface area contributed by atoms with Gasteiger partial charge in [-0.3, -0.25) is 0 Å². The van der Waals surface area contributed by atoms with Crippen LogP contribution in [0.5, 0.6) is 0 Å². The summed E-state index contributed by atoms with van der Waals surface area (Å²) in [5.74, 6) is -0.162. The van der Waals surface area contributed by atoms with Crippen molar-refractivity contribution in [1.29, 1.82) is 0 Å². The SMILES string of the molecule is Cc1cc(F)ccc1CCNC/C=C/c1ccccc1. The van der Waals surface area contributed by atoms with Crippen molar-refractivity contribution >= 4 is 6.08 Å². The van der Waals surface area contributed by atoms with Crippen LogP contribution in [0.2, 0.25) is 0 Å². The molecule has 0 heterocycles.